The van der Waals surface area contributed by atoms with E-state index in [0.717, 1.165) is 23.9 Å². The highest BCUT2D eigenvalue weighted by Gasteiger charge is 2.42. The average molecular weight is 215 g/mol. The van der Waals surface area contributed by atoms with Crippen LogP contribution in [0.25, 0.3) is 11.0 Å². The Morgan fingerprint density at radius 3 is 2.94 bits per heavy atom. The zero-order chi connectivity index (χ0) is 11.2. The number of hydrogen-bond acceptors (Lipinski definition) is 3. The van der Waals surface area contributed by atoms with Gasteiger partial charge < -0.3 is 10.7 Å². The Balaban J connectivity index is 2.17. The van der Waals surface area contributed by atoms with E-state index in [-0.39, 0.29) is 11.0 Å². The maximum Gasteiger partial charge on any atom is 0.266 e. The number of aromatic nitrogens is 2. The van der Waals surface area contributed by atoms with Crippen molar-refractivity contribution in [1.29, 1.82) is 0 Å². The largest absolute Gasteiger partial charge is 0.330 e. The molecule has 1 aliphatic carbocycles. The van der Waals surface area contributed by atoms with Gasteiger partial charge >= 0.3 is 0 Å². The minimum Gasteiger partial charge on any atom is -0.330 e. The Bertz CT molecular complexity index is 598. The second-order valence-corrected chi connectivity index (χ2v) is 4.46. The average Bonchev–Trinajstić information content (AvgIpc) is 3.09. The molecule has 0 aliphatic heterocycles. The highest BCUT2D eigenvalue weighted by atomic mass is 16.1. The number of hydrogen-bond donors (Lipinski definition) is 2. The molecule has 16 heavy (non-hydrogen) atoms. The highest BCUT2D eigenvalue weighted by molar-refractivity contribution is 5.75. The standard InChI is InChI=1S/C12H13N3O/c13-7-12(3-4-12)8-1-2-9-10(5-8)14-6-11(16)15-9/h1-2,5-6H,3-4,7,13H2,(H,15,16). The van der Waals surface area contributed by atoms with Crippen LogP contribution >= 0.6 is 0 Å². The van der Waals surface area contributed by atoms with Gasteiger partial charge in [-0.25, -0.2) is 4.98 Å². The minimum absolute atomic E-state index is 0.166. The lowest BCUT2D eigenvalue weighted by Crippen LogP contribution is -2.19. The number of fused-ring (bicyclic) bond motifs is 1. The third kappa shape index (κ3) is 1.34. The van der Waals surface area contributed by atoms with Crippen molar-refractivity contribution in [3.05, 3.63) is 40.3 Å². The summed E-state index contributed by atoms with van der Waals surface area (Å²) >= 11 is 0. The molecule has 1 aromatic carbocycles. The minimum atomic E-state index is -0.166. The molecule has 0 amide bonds. The molecule has 0 bridgehead atoms. The monoisotopic (exact) mass is 215 g/mol. The van der Waals surface area contributed by atoms with E-state index in [4.69, 9.17) is 5.73 Å². The van der Waals surface area contributed by atoms with E-state index in [1.54, 1.807) is 0 Å². The summed E-state index contributed by atoms with van der Waals surface area (Å²) in [6, 6.07) is 5.99. The summed E-state index contributed by atoms with van der Waals surface area (Å²) in [4.78, 5) is 18.0. The van der Waals surface area contributed by atoms with Gasteiger partial charge in [-0.1, -0.05) is 6.07 Å². The number of nitrogens with two attached hydrogens (primary N) is 1. The number of H-pyrrole nitrogens is 1. The summed E-state index contributed by atoms with van der Waals surface area (Å²) < 4.78 is 0. The molecule has 1 saturated carbocycles. The summed E-state index contributed by atoms with van der Waals surface area (Å²) in [5.74, 6) is 0. The molecular weight excluding hydrogens is 202 g/mol. The molecule has 0 radical (unpaired) electrons. The van der Waals surface area contributed by atoms with Gasteiger partial charge in [0.2, 0.25) is 0 Å². The second kappa shape index (κ2) is 3.15. The highest BCUT2D eigenvalue weighted by Crippen LogP contribution is 2.47. The number of rotatable bonds is 2. The zero-order valence-corrected chi connectivity index (χ0v) is 8.86. The van der Waals surface area contributed by atoms with Crippen molar-refractivity contribution in [1.82, 2.24) is 9.97 Å². The van der Waals surface area contributed by atoms with Crippen LogP contribution in [0.2, 0.25) is 0 Å². The molecule has 2 aromatic rings. The first-order valence-corrected chi connectivity index (χ1v) is 5.43. The predicted octanol–water partition coefficient (Wildman–Crippen LogP) is 0.913. The van der Waals surface area contributed by atoms with Crippen molar-refractivity contribution in [2.45, 2.75) is 18.3 Å². The van der Waals surface area contributed by atoms with E-state index in [1.807, 2.05) is 18.2 Å². The van der Waals surface area contributed by atoms with Gasteiger partial charge in [0.05, 0.1) is 17.2 Å². The maximum atomic E-state index is 11.1. The van der Waals surface area contributed by atoms with Crippen LogP contribution in [0, 0.1) is 0 Å². The van der Waals surface area contributed by atoms with Gasteiger partial charge in [-0.2, -0.15) is 0 Å². The molecule has 1 fully saturated rings. The summed E-state index contributed by atoms with van der Waals surface area (Å²) in [7, 11) is 0. The molecule has 3 N–H and O–H groups in total. The van der Waals surface area contributed by atoms with E-state index in [2.05, 4.69) is 9.97 Å². The van der Waals surface area contributed by atoms with E-state index >= 15 is 0 Å². The quantitative estimate of drug-likeness (QED) is 0.782. The first-order chi connectivity index (χ1) is 7.73. The van der Waals surface area contributed by atoms with Crippen LogP contribution in [0.5, 0.6) is 0 Å². The fourth-order valence-corrected chi connectivity index (χ4v) is 2.13. The van der Waals surface area contributed by atoms with E-state index < -0.39 is 0 Å². The lowest BCUT2D eigenvalue weighted by atomic mass is 9.96. The van der Waals surface area contributed by atoms with Crippen LogP contribution in [-0.4, -0.2) is 16.5 Å². The molecule has 1 aromatic heterocycles. The predicted molar refractivity (Wildman–Crippen MR) is 62.3 cm³/mol. The van der Waals surface area contributed by atoms with Gasteiger partial charge in [0, 0.05) is 12.0 Å². The Kier molecular flexibility index (Phi) is 1.88. The Morgan fingerprint density at radius 1 is 1.44 bits per heavy atom. The van der Waals surface area contributed by atoms with Gasteiger partial charge in [0.15, 0.2) is 0 Å². The van der Waals surface area contributed by atoms with E-state index in [1.165, 1.54) is 11.8 Å². The smallest absolute Gasteiger partial charge is 0.266 e. The normalized spacial score (nSPS) is 17.6. The Morgan fingerprint density at radius 2 is 2.25 bits per heavy atom. The van der Waals surface area contributed by atoms with Gasteiger partial charge in [-0.15, -0.1) is 0 Å². The molecule has 1 heterocycles. The third-order valence-corrected chi connectivity index (χ3v) is 3.43. The second-order valence-electron chi connectivity index (χ2n) is 4.46. The summed E-state index contributed by atoms with van der Waals surface area (Å²) in [5, 5.41) is 0. The molecule has 0 spiro atoms. The van der Waals surface area contributed by atoms with Crippen LogP contribution in [0.3, 0.4) is 0 Å². The van der Waals surface area contributed by atoms with E-state index in [9.17, 15) is 4.79 Å². The first-order valence-electron chi connectivity index (χ1n) is 5.43. The fraction of sp³-hybridized carbons (Fsp3) is 0.333. The van der Waals surface area contributed by atoms with E-state index in [0.29, 0.717) is 6.54 Å². The molecule has 3 rings (SSSR count). The van der Waals surface area contributed by atoms with Crippen LogP contribution in [0.4, 0.5) is 0 Å². The number of nitrogens with one attached hydrogen (secondary N) is 1. The zero-order valence-electron chi connectivity index (χ0n) is 8.86. The van der Waals surface area contributed by atoms with Crippen LogP contribution in [0.1, 0.15) is 18.4 Å². The number of nitrogens with zero attached hydrogens (tertiary/aromatic N) is 1. The van der Waals surface area contributed by atoms with Crippen molar-refractivity contribution in [2.24, 2.45) is 5.73 Å². The molecule has 4 heteroatoms. The molecule has 0 unspecified atom stereocenters. The molecule has 1 aliphatic rings. The van der Waals surface area contributed by atoms with Gasteiger partial charge in [0.25, 0.3) is 5.56 Å². The van der Waals surface area contributed by atoms with Crippen LogP contribution < -0.4 is 11.3 Å². The van der Waals surface area contributed by atoms with Gasteiger partial charge in [0.1, 0.15) is 0 Å². The van der Waals surface area contributed by atoms with Crippen molar-refractivity contribution in [2.75, 3.05) is 6.54 Å². The van der Waals surface area contributed by atoms with Crippen molar-refractivity contribution in [3.8, 4) is 0 Å². The first kappa shape index (κ1) is 9.54. The number of benzene rings is 1. The molecular formula is C12H13N3O. The molecule has 4 nitrogen and oxygen atoms in total. The van der Waals surface area contributed by atoms with Crippen molar-refractivity contribution >= 4 is 11.0 Å². The summed E-state index contributed by atoms with van der Waals surface area (Å²) in [6.07, 6.45) is 3.62. The Hall–Kier alpha value is -1.68. The Labute approximate surface area is 92.5 Å². The lowest BCUT2D eigenvalue weighted by molar-refractivity contribution is 0.705. The van der Waals surface area contributed by atoms with Crippen molar-refractivity contribution < 1.29 is 0 Å². The van der Waals surface area contributed by atoms with Gasteiger partial charge in [-0.05, 0) is 30.5 Å². The van der Waals surface area contributed by atoms with Crippen LogP contribution in [0.15, 0.2) is 29.2 Å². The van der Waals surface area contributed by atoms with Crippen molar-refractivity contribution in [3.63, 3.8) is 0 Å². The number of aromatic amines is 1. The lowest BCUT2D eigenvalue weighted by Gasteiger charge is -2.12. The molecule has 0 atom stereocenters. The fourth-order valence-electron chi connectivity index (χ4n) is 2.13. The van der Waals surface area contributed by atoms with Gasteiger partial charge in [-0.3, -0.25) is 4.79 Å². The summed E-state index contributed by atoms with van der Waals surface area (Å²) in [6.45, 7) is 0.682. The third-order valence-electron chi connectivity index (χ3n) is 3.43. The molecule has 82 valence electrons. The van der Waals surface area contributed by atoms with Crippen LogP contribution in [-0.2, 0) is 5.41 Å². The molecule has 0 saturated heterocycles. The topological polar surface area (TPSA) is 71.8 Å². The maximum absolute atomic E-state index is 11.1. The summed E-state index contributed by atoms with van der Waals surface area (Å²) in [5.41, 5.74) is 8.65. The SMILES string of the molecule is NCC1(c2ccc3[nH]c(=O)cnc3c2)CC1.